The Balaban J connectivity index is 2.71. The molecule has 0 aromatic carbocycles. The fraction of sp³-hybridized carbons (Fsp3) is 0.308. The first-order valence-corrected chi connectivity index (χ1v) is 6.32. The van der Waals surface area contributed by atoms with Gasteiger partial charge < -0.3 is 0 Å². The Bertz CT molecular complexity index is 665. The summed E-state index contributed by atoms with van der Waals surface area (Å²) < 4.78 is 2.58. The molecule has 0 radical (unpaired) electrons. The van der Waals surface area contributed by atoms with Gasteiger partial charge >= 0.3 is 0 Å². The Morgan fingerprint density at radius 3 is 2.50 bits per heavy atom. The molecule has 18 heavy (non-hydrogen) atoms. The van der Waals surface area contributed by atoms with Crippen LogP contribution >= 0.6 is 15.9 Å². The zero-order valence-electron chi connectivity index (χ0n) is 10.7. The topological polar surface area (TPSA) is 54.5 Å². The number of pyridine rings is 1. The van der Waals surface area contributed by atoms with E-state index >= 15 is 0 Å². The zero-order valence-corrected chi connectivity index (χ0v) is 12.3. The molecule has 0 N–H and O–H groups in total. The Morgan fingerprint density at radius 1 is 1.28 bits per heavy atom. The van der Waals surface area contributed by atoms with Crippen molar-refractivity contribution < 1.29 is 0 Å². The molecule has 0 atom stereocenters. The highest BCUT2D eigenvalue weighted by Gasteiger charge is 2.17. The summed E-state index contributed by atoms with van der Waals surface area (Å²) in [6, 6.07) is 4.19. The lowest BCUT2D eigenvalue weighted by Gasteiger charge is -2.06. The first-order chi connectivity index (χ1) is 8.45. The molecule has 0 saturated carbocycles. The van der Waals surface area contributed by atoms with Crippen LogP contribution in [0.2, 0.25) is 0 Å². The molecule has 2 rings (SSSR count). The van der Waals surface area contributed by atoms with Crippen LogP contribution in [0.15, 0.2) is 10.5 Å². The van der Waals surface area contributed by atoms with E-state index < -0.39 is 0 Å². The molecule has 0 spiro atoms. The normalized spacial score (nSPS) is 10.4. The van der Waals surface area contributed by atoms with Crippen molar-refractivity contribution in [1.82, 2.24) is 14.8 Å². The summed E-state index contributed by atoms with van der Waals surface area (Å²) in [4.78, 5) is 4.56. The van der Waals surface area contributed by atoms with E-state index in [2.05, 4.69) is 32.1 Å². The highest BCUT2D eigenvalue weighted by atomic mass is 79.9. The monoisotopic (exact) mass is 304 g/mol. The zero-order chi connectivity index (χ0) is 13.4. The minimum absolute atomic E-state index is 0.576. The second-order valence-electron chi connectivity index (χ2n) is 4.28. The molecule has 2 heterocycles. The van der Waals surface area contributed by atoms with E-state index in [1.165, 1.54) is 0 Å². The van der Waals surface area contributed by atoms with Crippen molar-refractivity contribution in [3.8, 4) is 17.5 Å². The Hall–Kier alpha value is -1.67. The molecule has 4 nitrogen and oxygen atoms in total. The number of aromatic nitrogens is 3. The maximum Gasteiger partial charge on any atom is 0.141 e. The van der Waals surface area contributed by atoms with Gasteiger partial charge in [0.2, 0.25) is 0 Å². The van der Waals surface area contributed by atoms with Crippen molar-refractivity contribution in [1.29, 1.82) is 5.26 Å². The van der Waals surface area contributed by atoms with E-state index in [0.717, 1.165) is 32.7 Å². The molecule has 0 fully saturated rings. The predicted octanol–water partition coefficient (Wildman–Crippen LogP) is 3.04. The average Bonchev–Trinajstić information content (AvgIpc) is 2.59. The van der Waals surface area contributed by atoms with E-state index in [9.17, 15) is 0 Å². The fourth-order valence-electron chi connectivity index (χ4n) is 1.92. The van der Waals surface area contributed by atoms with Crippen LogP contribution in [0.1, 0.15) is 22.5 Å². The van der Waals surface area contributed by atoms with Gasteiger partial charge in [-0.2, -0.15) is 10.4 Å². The Morgan fingerprint density at radius 2 is 1.94 bits per heavy atom. The third-order valence-corrected chi connectivity index (χ3v) is 3.76. The highest BCUT2D eigenvalue weighted by Crippen LogP contribution is 2.28. The van der Waals surface area contributed by atoms with Gasteiger partial charge in [0, 0.05) is 17.1 Å². The number of hydrogen-bond donors (Lipinski definition) is 0. The van der Waals surface area contributed by atoms with Gasteiger partial charge in [0.1, 0.15) is 17.5 Å². The lowest BCUT2D eigenvalue weighted by Crippen LogP contribution is -1.96. The quantitative estimate of drug-likeness (QED) is 0.813. The number of nitrogens with zero attached hydrogens (tertiary/aromatic N) is 4. The van der Waals surface area contributed by atoms with Gasteiger partial charge in [0.05, 0.1) is 11.4 Å². The standard InChI is InChI=1S/C13H13BrN4/c1-7-5-10(14)9(3)16-12(7)13-8(2)11(6-15)18(4)17-13/h5H,1-4H3. The molecule has 2 aromatic heterocycles. The summed E-state index contributed by atoms with van der Waals surface area (Å²) >= 11 is 3.46. The number of nitriles is 1. The van der Waals surface area contributed by atoms with E-state index in [1.54, 1.807) is 11.7 Å². The van der Waals surface area contributed by atoms with Crippen LogP contribution in [0, 0.1) is 32.1 Å². The van der Waals surface area contributed by atoms with Crippen molar-refractivity contribution >= 4 is 15.9 Å². The molecule has 5 heteroatoms. The summed E-state index contributed by atoms with van der Waals surface area (Å²) in [5, 5.41) is 13.5. The van der Waals surface area contributed by atoms with Crippen molar-refractivity contribution in [3.05, 3.63) is 33.1 Å². The van der Waals surface area contributed by atoms with Crippen LogP contribution < -0.4 is 0 Å². The van der Waals surface area contributed by atoms with Crippen LogP contribution in [-0.2, 0) is 7.05 Å². The third kappa shape index (κ3) is 1.93. The molecular formula is C13H13BrN4. The van der Waals surface area contributed by atoms with E-state index in [0.29, 0.717) is 5.69 Å². The number of halogens is 1. The smallest absolute Gasteiger partial charge is 0.141 e. The summed E-state index contributed by atoms with van der Waals surface area (Å²) in [6.45, 7) is 5.84. The second kappa shape index (κ2) is 4.54. The molecule has 0 amide bonds. The molecule has 0 aliphatic heterocycles. The highest BCUT2D eigenvalue weighted by molar-refractivity contribution is 9.10. The Labute approximate surface area is 114 Å². The molecule has 92 valence electrons. The van der Waals surface area contributed by atoms with Gasteiger partial charge in [-0.15, -0.1) is 0 Å². The maximum atomic E-state index is 9.09. The lowest BCUT2D eigenvalue weighted by molar-refractivity contribution is 0.757. The molecule has 2 aromatic rings. The van der Waals surface area contributed by atoms with Crippen LogP contribution in [0.4, 0.5) is 0 Å². The van der Waals surface area contributed by atoms with Gasteiger partial charge in [-0.25, -0.2) is 4.98 Å². The van der Waals surface area contributed by atoms with Gasteiger partial charge in [-0.3, -0.25) is 4.68 Å². The summed E-state index contributed by atoms with van der Waals surface area (Å²) in [6.07, 6.45) is 0. The fourth-order valence-corrected chi connectivity index (χ4v) is 2.35. The second-order valence-corrected chi connectivity index (χ2v) is 5.13. The van der Waals surface area contributed by atoms with Crippen molar-refractivity contribution in [2.45, 2.75) is 20.8 Å². The van der Waals surface area contributed by atoms with Crippen molar-refractivity contribution in [2.24, 2.45) is 7.05 Å². The van der Waals surface area contributed by atoms with Gasteiger partial charge in [0.25, 0.3) is 0 Å². The van der Waals surface area contributed by atoms with Crippen LogP contribution in [-0.4, -0.2) is 14.8 Å². The molecule has 0 unspecified atom stereocenters. The van der Waals surface area contributed by atoms with Crippen molar-refractivity contribution in [3.63, 3.8) is 0 Å². The molecular weight excluding hydrogens is 292 g/mol. The van der Waals surface area contributed by atoms with Gasteiger partial charge in [-0.05, 0) is 48.3 Å². The summed E-state index contributed by atoms with van der Waals surface area (Å²) in [7, 11) is 1.77. The largest absolute Gasteiger partial charge is 0.257 e. The minimum Gasteiger partial charge on any atom is -0.257 e. The van der Waals surface area contributed by atoms with Gasteiger partial charge in [-0.1, -0.05) is 0 Å². The van der Waals surface area contributed by atoms with Crippen LogP contribution in [0.25, 0.3) is 11.4 Å². The van der Waals surface area contributed by atoms with E-state index in [4.69, 9.17) is 5.26 Å². The maximum absolute atomic E-state index is 9.09. The lowest BCUT2D eigenvalue weighted by atomic mass is 10.1. The summed E-state index contributed by atoms with van der Waals surface area (Å²) in [5.41, 5.74) is 5.02. The molecule has 0 bridgehead atoms. The molecule has 0 aliphatic carbocycles. The first kappa shape index (κ1) is 12.8. The molecule has 0 saturated heterocycles. The van der Waals surface area contributed by atoms with E-state index in [1.807, 2.05) is 26.8 Å². The molecule has 0 aliphatic rings. The number of aryl methyl sites for hydroxylation is 3. The predicted molar refractivity (Wildman–Crippen MR) is 73.1 cm³/mol. The third-order valence-electron chi connectivity index (χ3n) is 2.96. The van der Waals surface area contributed by atoms with Crippen LogP contribution in [0.5, 0.6) is 0 Å². The first-order valence-electron chi connectivity index (χ1n) is 5.53. The van der Waals surface area contributed by atoms with Gasteiger partial charge in [0.15, 0.2) is 0 Å². The summed E-state index contributed by atoms with van der Waals surface area (Å²) in [5.74, 6) is 0. The van der Waals surface area contributed by atoms with E-state index in [-0.39, 0.29) is 0 Å². The number of hydrogen-bond acceptors (Lipinski definition) is 3. The average molecular weight is 305 g/mol. The Kier molecular flexibility index (Phi) is 3.22. The van der Waals surface area contributed by atoms with Crippen LogP contribution in [0.3, 0.4) is 0 Å². The SMILES string of the molecule is Cc1cc(Br)c(C)nc1-c1nn(C)c(C#N)c1C. The van der Waals surface area contributed by atoms with Crippen molar-refractivity contribution in [2.75, 3.05) is 0 Å². The minimum atomic E-state index is 0.576. The number of rotatable bonds is 1.